The highest BCUT2D eigenvalue weighted by molar-refractivity contribution is 5.92. The Morgan fingerprint density at radius 2 is 1.91 bits per heavy atom. The summed E-state index contributed by atoms with van der Waals surface area (Å²) in [6.07, 6.45) is 1.88. The molecule has 6 heteroatoms. The molecule has 0 aliphatic carbocycles. The van der Waals surface area contributed by atoms with Crippen LogP contribution < -0.4 is 5.32 Å². The molecule has 0 saturated carbocycles. The van der Waals surface area contributed by atoms with Crippen LogP contribution in [-0.2, 0) is 11.2 Å². The number of rotatable bonds is 4. The molecule has 0 radical (unpaired) electrons. The van der Waals surface area contributed by atoms with Crippen LogP contribution in [0.15, 0.2) is 54.9 Å². The lowest BCUT2D eigenvalue weighted by molar-refractivity contribution is -0.115. The molecule has 0 aliphatic heterocycles. The van der Waals surface area contributed by atoms with Crippen LogP contribution in [0.4, 0.5) is 5.69 Å². The zero-order chi connectivity index (χ0) is 15.4. The van der Waals surface area contributed by atoms with Crippen molar-refractivity contribution in [2.45, 2.75) is 13.3 Å². The van der Waals surface area contributed by atoms with Gasteiger partial charge in [-0.05, 0) is 52.7 Å². The third-order valence-electron chi connectivity index (χ3n) is 3.38. The van der Waals surface area contributed by atoms with E-state index in [-0.39, 0.29) is 5.91 Å². The summed E-state index contributed by atoms with van der Waals surface area (Å²) in [6, 6.07) is 15.2. The SMILES string of the molecule is Cc1ccccc1CC(=O)Nc1ccc(-n2cnnn2)cc1. The van der Waals surface area contributed by atoms with Gasteiger partial charge in [0.2, 0.25) is 5.91 Å². The van der Waals surface area contributed by atoms with Gasteiger partial charge in [-0.3, -0.25) is 4.79 Å². The number of carbonyl (C=O) groups excluding carboxylic acids is 1. The van der Waals surface area contributed by atoms with Gasteiger partial charge >= 0.3 is 0 Å². The van der Waals surface area contributed by atoms with E-state index in [1.54, 1.807) is 4.68 Å². The van der Waals surface area contributed by atoms with Crippen molar-refractivity contribution in [1.29, 1.82) is 0 Å². The molecular formula is C16H15N5O. The molecule has 0 bridgehead atoms. The number of amides is 1. The second-order valence-corrected chi connectivity index (χ2v) is 4.95. The third-order valence-corrected chi connectivity index (χ3v) is 3.38. The van der Waals surface area contributed by atoms with Gasteiger partial charge in [0, 0.05) is 5.69 Å². The first-order chi connectivity index (χ1) is 10.7. The number of nitrogens with one attached hydrogen (secondary N) is 1. The van der Waals surface area contributed by atoms with Gasteiger partial charge in [0.1, 0.15) is 6.33 Å². The van der Waals surface area contributed by atoms with Gasteiger partial charge in [-0.15, -0.1) is 5.10 Å². The number of nitrogens with zero attached hydrogens (tertiary/aromatic N) is 4. The molecule has 0 atom stereocenters. The minimum atomic E-state index is -0.0375. The van der Waals surface area contributed by atoms with Crippen LogP contribution in [0.3, 0.4) is 0 Å². The first-order valence-electron chi connectivity index (χ1n) is 6.90. The normalized spacial score (nSPS) is 10.4. The van der Waals surface area contributed by atoms with E-state index >= 15 is 0 Å². The first kappa shape index (κ1) is 13.9. The van der Waals surface area contributed by atoms with Gasteiger partial charge in [-0.2, -0.15) is 0 Å². The van der Waals surface area contributed by atoms with E-state index in [0.29, 0.717) is 6.42 Å². The Kier molecular flexibility index (Phi) is 3.91. The number of aromatic nitrogens is 4. The molecule has 1 N–H and O–H groups in total. The summed E-state index contributed by atoms with van der Waals surface area (Å²) in [7, 11) is 0. The number of tetrazole rings is 1. The highest BCUT2D eigenvalue weighted by atomic mass is 16.1. The third kappa shape index (κ3) is 3.17. The fourth-order valence-corrected chi connectivity index (χ4v) is 2.16. The summed E-state index contributed by atoms with van der Waals surface area (Å²) in [4.78, 5) is 12.1. The van der Waals surface area contributed by atoms with Crippen molar-refractivity contribution in [2.75, 3.05) is 5.32 Å². The van der Waals surface area contributed by atoms with E-state index in [2.05, 4.69) is 20.8 Å². The standard InChI is InChI=1S/C16H15N5O/c1-12-4-2-3-5-13(12)10-16(22)18-14-6-8-15(9-7-14)21-11-17-19-20-21/h2-9,11H,10H2,1H3,(H,18,22). The van der Waals surface area contributed by atoms with Gasteiger partial charge in [0.25, 0.3) is 0 Å². The molecule has 2 aromatic carbocycles. The lowest BCUT2D eigenvalue weighted by atomic mass is 10.1. The molecule has 1 heterocycles. The van der Waals surface area contributed by atoms with Crippen molar-refractivity contribution in [3.05, 3.63) is 66.0 Å². The average molecular weight is 293 g/mol. The number of benzene rings is 2. The van der Waals surface area contributed by atoms with Crippen LogP contribution >= 0.6 is 0 Å². The number of anilines is 1. The van der Waals surface area contributed by atoms with E-state index in [1.165, 1.54) is 6.33 Å². The highest BCUT2D eigenvalue weighted by Gasteiger charge is 2.06. The van der Waals surface area contributed by atoms with Gasteiger partial charge in [-0.1, -0.05) is 24.3 Å². The van der Waals surface area contributed by atoms with Crippen molar-refractivity contribution in [3.63, 3.8) is 0 Å². The van der Waals surface area contributed by atoms with Gasteiger partial charge in [0.05, 0.1) is 12.1 Å². The maximum Gasteiger partial charge on any atom is 0.228 e. The molecule has 110 valence electrons. The minimum absolute atomic E-state index is 0.0375. The number of hydrogen-bond acceptors (Lipinski definition) is 4. The molecule has 0 spiro atoms. The maximum absolute atomic E-state index is 12.1. The summed E-state index contributed by atoms with van der Waals surface area (Å²) >= 11 is 0. The van der Waals surface area contributed by atoms with Crippen LogP contribution in [0, 0.1) is 6.92 Å². The quantitative estimate of drug-likeness (QED) is 0.800. The Hall–Kier alpha value is -3.02. The Labute approximate surface area is 127 Å². The van der Waals surface area contributed by atoms with Gasteiger partial charge in [-0.25, -0.2) is 4.68 Å². The molecule has 0 unspecified atom stereocenters. The van der Waals surface area contributed by atoms with Crippen LogP contribution in [-0.4, -0.2) is 26.1 Å². The summed E-state index contributed by atoms with van der Waals surface area (Å²) in [6.45, 7) is 2.00. The van der Waals surface area contributed by atoms with Crippen molar-refractivity contribution >= 4 is 11.6 Å². The lowest BCUT2D eigenvalue weighted by Crippen LogP contribution is -2.15. The van der Waals surface area contributed by atoms with E-state index in [9.17, 15) is 4.79 Å². The molecule has 6 nitrogen and oxygen atoms in total. The highest BCUT2D eigenvalue weighted by Crippen LogP contribution is 2.13. The molecule has 0 aliphatic rings. The maximum atomic E-state index is 12.1. The second kappa shape index (κ2) is 6.17. The smallest absolute Gasteiger partial charge is 0.228 e. The van der Waals surface area contributed by atoms with Crippen molar-refractivity contribution in [2.24, 2.45) is 0 Å². The van der Waals surface area contributed by atoms with Crippen LogP contribution in [0.1, 0.15) is 11.1 Å². The summed E-state index contributed by atoms with van der Waals surface area (Å²) < 4.78 is 1.55. The average Bonchev–Trinajstić information content (AvgIpc) is 3.05. The predicted molar refractivity (Wildman–Crippen MR) is 82.7 cm³/mol. The fourth-order valence-electron chi connectivity index (χ4n) is 2.16. The molecule has 3 rings (SSSR count). The van der Waals surface area contributed by atoms with E-state index in [4.69, 9.17) is 0 Å². The molecule has 1 aromatic heterocycles. The Balaban J connectivity index is 1.66. The fraction of sp³-hybridized carbons (Fsp3) is 0.125. The molecule has 22 heavy (non-hydrogen) atoms. The van der Waals surface area contributed by atoms with Crippen molar-refractivity contribution < 1.29 is 4.79 Å². The molecule has 1 amide bonds. The largest absolute Gasteiger partial charge is 0.326 e. The minimum Gasteiger partial charge on any atom is -0.326 e. The Morgan fingerprint density at radius 1 is 1.14 bits per heavy atom. The zero-order valence-corrected chi connectivity index (χ0v) is 12.1. The molecular weight excluding hydrogens is 278 g/mol. The Bertz CT molecular complexity index is 765. The number of hydrogen-bond donors (Lipinski definition) is 1. The molecule has 0 saturated heterocycles. The van der Waals surface area contributed by atoms with Gasteiger partial charge < -0.3 is 5.32 Å². The van der Waals surface area contributed by atoms with Gasteiger partial charge in [0.15, 0.2) is 0 Å². The van der Waals surface area contributed by atoms with Crippen LogP contribution in [0.5, 0.6) is 0 Å². The van der Waals surface area contributed by atoms with E-state index < -0.39 is 0 Å². The van der Waals surface area contributed by atoms with Crippen molar-refractivity contribution in [3.8, 4) is 5.69 Å². The monoisotopic (exact) mass is 293 g/mol. The first-order valence-corrected chi connectivity index (χ1v) is 6.90. The Morgan fingerprint density at radius 3 is 2.59 bits per heavy atom. The topological polar surface area (TPSA) is 72.7 Å². The predicted octanol–water partition coefficient (Wildman–Crippen LogP) is 2.15. The van der Waals surface area contributed by atoms with E-state index in [0.717, 1.165) is 22.5 Å². The summed E-state index contributed by atoms with van der Waals surface area (Å²) in [5.74, 6) is -0.0375. The van der Waals surface area contributed by atoms with Crippen molar-refractivity contribution in [1.82, 2.24) is 20.2 Å². The lowest BCUT2D eigenvalue weighted by Gasteiger charge is -2.08. The van der Waals surface area contributed by atoms with Crippen LogP contribution in [0.2, 0.25) is 0 Å². The number of aryl methyl sites for hydroxylation is 1. The molecule has 3 aromatic rings. The van der Waals surface area contributed by atoms with E-state index in [1.807, 2.05) is 55.5 Å². The van der Waals surface area contributed by atoms with Crippen LogP contribution in [0.25, 0.3) is 5.69 Å². The second-order valence-electron chi connectivity index (χ2n) is 4.95. The number of carbonyl (C=O) groups is 1. The summed E-state index contributed by atoms with van der Waals surface area (Å²) in [5.41, 5.74) is 3.73. The zero-order valence-electron chi connectivity index (χ0n) is 12.1. The molecule has 0 fully saturated rings. The summed E-state index contributed by atoms with van der Waals surface area (Å²) in [5, 5.41) is 13.9.